The van der Waals surface area contributed by atoms with E-state index in [9.17, 15) is 9.18 Å². The highest BCUT2D eigenvalue weighted by Crippen LogP contribution is 2.20. The average molecular weight is 315 g/mol. The van der Waals surface area contributed by atoms with Gasteiger partial charge in [-0.05, 0) is 56.5 Å². The molecule has 0 atom stereocenters. The minimum absolute atomic E-state index is 0. The summed E-state index contributed by atoms with van der Waals surface area (Å²) in [5, 5.41) is 3.17. The quantitative estimate of drug-likeness (QED) is 0.906. The van der Waals surface area contributed by atoms with Crippen molar-refractivity contribution in [3.8, 4) is 0 Å². The van der Waals surface area contributed by atoms with Crippen molar-refractivity contribution in [1.29, 1.82) is 0 Å². The van der Waals surface area contributed by atoms with E-state index in [1.807, 2.05) is 11.9 Å². The van der Waals surface area contributed by atoms with E-state index < -0.39 is 0 Å². The first-order valence-corrected chi connectivity index (χ1v) is 7.36. The fourth-order valence-electron chi connectivity index (χ4n) is 2.75. The molecule has 118 valence electrons. The molecule has 1 saturated heterocycles. The van der Waals surface area contributed by atoms with E-state index >= 15 is 0 Å². The Labute approximate surface area is 132 Å². The molecule has 1 N–H and O–H groups in total. The highest BCUT2D eigenvalue weighted by atomic mass is 35.5. The zero-order chi connectivity index (χ0) is 14.4. The van der Waals surface area contributed by atoms with Gasteiger partial charge in [0, 0.05) is 13.1 Å². The van der Waals surface area contributed by atoms with Crippen LogP contribution in [0.4, 0.5) is 4.39 Å². The number of nitrogens with zero attached hydrogens (tertiary/aromatic N) is 1. The van der Waals surface area contributed by atoms with E-state index in [0.29, 0.717) is 6.42 Å². The lowest BCUT2D eigenvalue weighted by atomic mass is 9.93. The molecule has 1 amide bonds. The van der Waals surface area contributed by atoms with Gasteiger partial charge >= 0.3 is 0 Å². The van der Waals surface area contributed by atoms with Crippen LogP contribution in [-0.4, -0.2) is 37.5 Å². The summed E-state index contributed by atoms with van der Waals surface area (Å²) in [7, 11) is 1.97. The van der Waals surface area contributed by atoms with Gasteiger partial charge in [0.25, 0.3) is 0 Å². The van der Waals surface area contributed by atoms with Gasteiger partial charge < -0.3 is 10.2 Å². The maximum atomic E-state index is 13.1. The van der Waals surface area contributed by atoms with Crippen LogP contribution in [0.1, 0.15) is 24.8 Å². The van der Waals surface area contributed by atoms with Crippen molar-refractivity contribution >= 4 is 18.3 Å². The van der Waals surface area contributed by atoms with Crippen LogP contribution in [0.15, 0.2) is 24.3 Å². The zero-order valence-corrected chi connectivity index (χ0v) is 13.3. The SMILES string of the molecule is CNCCC1CCN(C(=O)Cc2cccc(F)c2)CC1.Cl. The molecule has 0 bridgehead atoms. The molecule has 1 aliphatic heterocycles. The summed E-state index contributed by atoms with van der Waals surface area (Å²) in [5.41, 5.74) is 0.757. The predicted octanol–water partition coefficient (Wildman–Crippen LogP) is 2.64. The Balaban J connectivity index is 0.00000220. The minimum Gasteiger partial charge on any atom is -0.342 e. The minimum atomic E-state index is -0.277. The van der Waals surface area contributed by atoms with E-state index in [2.05, 4.69) is 5.32 Å². The average Bonchev–Trinajstić information content (AvgIpc) is 2.45. The van der Waals surface area contributed by atoms with Gasteiger partial charge in [-0.2, -0.15) is 0 Å². The molecule has 2 rings (SSSR count). The van der Waals surface area contributed by atoms with Gasteiger partial charge in [-0.1, -0.05) is 12.1 Å². The van der Waals surface area contributed by atoms with Crippen LogP contribution in [-0.2, 0) is 11.2 Å². The van der Waals surface area contributed by atoms with Crippen molar-refractivity contribution in [2.75, 3.05) is 26.7 Å². The molecule has 5 heteroatoms. The van der Waals surface area contributed by atoms with Crippen LogP contribution in [0.2, 0.25) is 0 Å². The number of rotatable bonds is 5. The number of benzene rings is 1. The Morgan fingerprint density at radius 2 is 2.10 bits per heavy atom. The second-order valence-corrected chi connectivity index (χ2v) is 5.52. The van der Waals surface area contributed by atoms with Crippen LogP contribution < -0.4 is 5.32 Å². The van der Waals surface area contributed by atoms with Crippen molar-refractivity contribution in [2.45, 2.75) is 25.7 Å². The third-order valence-corrected chi connectivity index (χ3v) is 4.01. The Bertz CT molecular complexity index is 448. The van der Waals surface area contributed by atoms with E-state index in [0.717, 1.165) is 44.0 Å². The van der Waals surface area contributed by atoms with Gasteiger partial charge in [0.1, 0.15) is 5.82 Å². The van der Waals surface area contributed by atoms with Gasteiger partial charge in [-0.15, -0.1) is 12.4 Å². The number of piperidine rings is 1. The molecule has 1 fully saturated rings. The summed E-state index contributed by atoms with van der Waals surface area (Å²) < 4.78 is 13.1. The van der Waals surface area contributed by atoms with Crippen LogP contribution >= 0.6 is 12.4 Å². The topological polar surface area (TPSA) is 32.3 Å². The fraction of sp³-hybridized carbons (Fsp3) is 0.562. The van der Waals surface area contributed by atoms with E-state index in [1.165, 1.54) is 18.6 Å². The van der Waals surface area contributed by atoms with Crippen LogP contribution in [0.3, 0.4) is 0 Å². The number of nitrogens with one attached hydrogen (secondary N) is 1. The molecule has 21 heavy (non-hydrogen) atoms. The lowest BCUT2D eigenvalue weighted by Crippen LogP contribution is -2.39. The Morgan fingerprint density at radius 3 is 2.71 bits per heavy atom. The number of likely N-dealkylation sites (tertiary alicyclic amines) is 1. The molecule has 0 saturated carbocycles. The van der Waals surface area contributed by atoms with Crippen molar-refractivity contribution in [3.05, 3.63) is 35.6 Å². The first-order valence-electron chi connectivity index (χ1n) is 7.36. The molecule has 1 heterocycles. The molecule has 0 spiro atoms. The van der Waals surface area contributed by atoms with Crippen molar-refractivity contribution in [3.63, 3.8) is 0 Å². The monoisotopic (exact) mass is 314 g/mol. The summed E-state index contributed by atoms with van der Waals surface area (Å²) in [6.45, 7) is 2.72. The summed E-state index contributed by atoms with van der Waals surface area (Å²) in [4.78, 5) is 14.1. The Hall–Kier alpha value is -1.13. The maximum absolute atomic E-state index is 13.1. The normalized spacial score (nSPS) is 15.6. The highest BCUT2D eigenvalue weighted by Gasteiger charge is 2.22. The summed E-state index contributed by atoms with van der Waals surface area (Å²) in [5.74, 6) is 0.560. The summed E-state index contributed by atoms with van der Waals surface area (Å²) >= 11 is 0. The molecule has 0 aromatic heterocycles. The molecule has 1 aromatic carbocycles. The number of hydrogen-bond acceptors (Lipinski definition) is 2. The van der Waals surface area contributed by atoms with Gasteiger partial charge in [0.05, 0.1) is 6.42 Å². The number of halogens is 2. The molecule has 0 unspecified atom stereocenters. The Morgan fingerprint density at radius 1 is 1.38 bits per heavy atom. The van der Waals surface area contributed by atoms with Crippen molar-refractivity contribution < 1.29 is 9.18 Å². The molecule has 3 nitrogen and oxygen atoms in total. The van der Waals surface area contributed by atoms with E-state index in [-0.39, 0.29) is 24.1 Å². The van der Waals surface area contributed by atoms with Crippen LogP contribution in [0.5, 0.6) is 0 Å². The first kappa shape index (κ1) is 17.9. The van der Waals surface area contributed by atoms with E-state index in [4.69, 9.17) is 0 Å². The highest BCUT2D eigenvalue weighted by molar-refractivity contribution is 5.85. The fourth-order valence-corrected chi connectivity index (χ4v) is 2.75. The van der Waals surface area contributed by atoms with Gasteiger partial charge in [0.2, 0.25) is 5.91 Å². The molecular weight excluding hydrogens is 291 g/mol. The molecule has 0 aliphatic carbocycles. The Kier molecular flexibility index (Phi) is 7.68. The largest absolute Gasteiger partial charge is 0.342 e. The second kappa shape index (κ2) is 9.00. The lowest BCUT2D eigenvalue weighted by Gasteiger charge is -2.32. The number of hydrogen-bond donors (Lipinski definition) is 1. The third-order valence-electron chi connectivity index (χ3n) is 4.01. The summed E-state index contributed by atoms with van der Waals surface area (Å²) in [6, 6.07) is 6.31. The summed E-state index contributed by atoms with van der Waals surface area (Å²) in [6.07, 6.45) is 3.65. The number of carbonyl (C=O) groups excluding carboxylic acids is 1. The van der Waals surface area contributed by atoms with Gasteiger partial charge in [-0.3, -0.25) is 4.79 Å². The van der Waals surface area contributed by atoms with Gasteiger partial charge in [-0.25, -0.2) is 4.39 Å². The third kappa shape index (κ3) is 5.64. The van der Waals surface area contributed by atoms with Crippen LogP contribution in [0.25, 0.3) is 0 Å². The van der Waals surface area contributed by atoms with Crippen molar-refractivity contribution in [1.82, 2.24) is 10.2 Å². The smallest absolute Gasteiger partial charge is 0.226 e. The number of amides is 1. The lowest BCUT2D eigenvalue weighted by molar-refractivity contribution is -0.131. The van der Waals surface area contributed by atoms with Crippen molar-refractivity contribution in [2.24, 2.45) is 5.92 Å². The predicted molar refractivity (Wildman–Crippen MR) is 85.2 cm³/mol. The molecular formula is C16H24ClFN2O. The zero-order valence-electron chi connectivity index (χ0n) is 12.5. The van der Waals surface area contributed by atoms with Crippen LogP contribution in [0, 0.1) is 11.7 Å². The molecule has 0 radical (unpaired) electrons. The maximum Gasteiger partial charge on any atom is 0.226 e. The second-order valence-electron chi connectivity index (χ2n) is 5.52. The molecule has 1 aliphatic rings. The van der Waals surface area contributed by atoms with E-state index in [1.54, 1.807) is 12.1 Å². The first-order chi connectivity index (χ1) is 9.69. The number of carbonyl (C=O) groups is 1. The van der Waals surface area contributed by atoms with Gasteiger partial charge in [0.15, 0.2) is 0 Å². The molecule has 1 aromatic rings. The standard InChI is InChI=1S/C16H23FN2O.ClH/c1-18-8-5-13-6-9-19(10-7-13)16(20)12-14-3-2-4-15(17)11-14;/h2-4,11,13,18H,5-10,12H2,1H3;1H.